The molecule has 3 aromatic carbocycles. The number of carbonyl (C=O) groups excluding carboxylic acids is 4. The quantitative estimate of drug-likeness (QED) is 0.322. The molecule has 32 heavy (non-hydrogen) atoms. The van der Waals surface area contributed by atoms with E-state index in [2.05, 4.69) is 0 Å². The lowest BCUT2D eigenvalue weighted by Gasteiger charge is -2.14. The Labute approximate surface area is 185 Å². The Morgan fingerprint density at radius 1 is 0.781 bits per heavy atom. The van der Waals surface area contributed by atoms with Crippen molar-refractivity contribution in [3.8, 4) is 0 Å². The van der Waals surface area contributed by atoms with E-state index in [0.29, 0.717) is 22.3 Å². The molecule has 0 fully saturated rings. The van der Waals surface area contributed by atoms with Gasteiger partial charge in [-0.2, -0.15) is 0 Å². The lowest BCUT2D eigenvalue weighted by atomic mass is 10.1. The Bertz CT molecular complexity index is 1180. The summed E-state index contributed by atoms with van der Waals surface area (Å²) in [6.45, 7) is 1.70. The molecular weight excluding hydrogens is 406 g/mol. The predicted octanol–water partition coefficient (Wildman–Crippen LogP) is 4.08. The summed E-state index contributed by atoms with van der Waals surface area (Å²) in [5.74, 6) is -1.66. The third-order valence-corrected chi connectivity index (χ3v) is 5.40. The van der Waals surface area contributed by atoms with Crippen molar-refractivity contribution in [1.29, 1.82) is 0 Å². The van der Waals surface area contributed by atoms with Gasteiger partial charge in [0.05, 0.1) is 23.2 Å². The number of hydrogen-bond donors (Lipinski definition) is 0. The maximum Gasteiger partial charge on any atom is 0.338 e. The maximum absolute atomic E-state index is 12.6. The molecule has 0 unspecified atom stereocenters. The Balaban J connectivity index is 1.40. The molecule has 0 aromatic heterocycles. The fourth-order valence-electron chi connectivity index (χ4n) is 3.59. The first-order valence-electron chi connectivity index (χ1n) is 10.3. The zero-order valence-corrected chi connectivity index (χ0v) is 17.5. The number of hydrogen-bond acceptors (Lipinski definition) is 5. The van der Waals surface area contributed by atoms with Crippen LogP contribution in [-0.4, -0.2) is 35.1 Å². The molecule has 0 bridgehead atoms. The highest BCUT2D eigenvalue weighted by atomic mass is 16.5. The molecule has 0 N–H and O–H groups in total. The van der Waals surface area contributed by atoms with Crippen molar-refractivity contribution < 1.29 is 23.9 Å². The summed E-state index contributed by atoms with van der Waals surface area (Å²) >= 11 is 0. The molecule has 4 rings (SSSR count). The van der Waals surface area contributed by atoms with Gasteiger partial charge in [0.2, 0.25) is 0 Å². The second-order valence-electron chi connectivity index (χ2n) is 7.49. The molecule has 0 atom stereocenters. The van der Waals surface area contributed by atoms with Gasteiger partial charge in [-0.1, -0.05) is 55.5 Å². The van der Waals surface area contributed by atoms with E-state index in [-0.39, 0.29) is 36.3 Å². The Kier molecular flexibility index (Phi) is 5.94. The lowest BCUT2D eigenvalue weighted by molar-refractivity contribution is 0.0474. The minimum Gasteiger partial charge on any atom is -0.454 e. The van der Waals surface area contributed by atoms with Crippen LogP contribution in [0.25, 0.3) is 0 Å². The van der Waals surface area contributed by atoms with E-state index in [1.54, 1.807) is 60.7 Å². The van der Waals surface area contributed by atoms with Crippen molar-refractivity contribution in [2.45, 2.75) is 19.9 Å². The van der Waals surface area contributed by atoms with Crippen molar-refractivity contribution in [3.63, 3.8) is 0 Å². The van der Waals surface area contributed by atoms with Gasteiger partial charge in [-0.3, -0.25) is 19.3 Å². The fourth-order valence-corrected chi connectivity index (χ4v) is 3.59. The average molecular weight is 427 g/mol. The predicted molar refractivity (Wildman–Crippen MR) is 118 cm³/mol. The highest BCUT2D eigenvalue weighted by molar-refractivity contribution is 6.21. The standard InChI is InChI=1S/C26H21NO5/c1-2-17-10-12-19(13-11-17)23(28)16-32-26(31)20-7-5-6-18(14-20)15-27-24(29)21-8-3-4-9-22(21)25(27)30/h3-14H,2,15-16H2,1H3. The number of ketones is 1. The van der Waals surface area contributed by atoms with Crippen LogP contribution >= 0.6 is 0 Å². The number of carbonyl (C=O) groups is 4. The zero-order chi connectivity index (χ0) is 22.7. The van der Waals surface area contributed by atoms with Gasteiger partial charge in [0.25, 0.3) is 11.8 Å². The Morgan fingerprint density at radius 2 is 1.44 bits per heavy atom. The first kappa shape index (κ1) is 21.2. The number of fused-ring (bicyclic) bond motifs is 1. The zero-order valence-electron chi connectivity index (χ0n) is 17.5. The van der Waals surface area contributed by atoms with Crippen LogP contribution in [0.3, 0.4) is 0 Å². The third-order valence-electron chi connectivity index (χ3n) is 5.40. The largest absolute Gasteiger partial charge is 0.454 e. The fraction of sp³-hybridized carbons (Fsp3) is 0.154. The van der Waals surface area contributed by atoms with Crippen molar-refractivity contribution in [1.82, 2.24) is 4.90 Å². The Morgan fingerprint density at radius 3 is 2.06 bits per heavy atom. The number of amides is 2. The topological polar surface area (TPSA) is 80.8 Å². The smallest absolute Gasteiger partial charge is 0.338 e. The van der Waals surface area contributed by atoms with Gasteiger partial charge < -0.3 is 4.74 Å². The van der Waals surface area contributed by atoms with Crippen LogP contribution in [-0.2, 0) is 17.7 Å². The van der Waals surface area contributed by atoms with E-state index in [1.165, 1.54) is 0 Å². The molecule has 0 spiro atoms. The second-order valence-corrected chi connectivity index (χ2v) is 7.49. The summed E-state index contributed by atoms with van der Waals surface area (Å²) in [7, 11) is 0. The number of esters is 1. The van der Waals surface area contributed by atoms with Gasteiger partial charge in [0.15, 0.2) is 12.4 Å². The minimum atomic E-state index is -0.646. The van der Waals surface area contributed by atoms with Crippen LogP contribution in [0, 0.1) is 0 Å². The molecule has 6 nitrogen and oxygen atoms in total. The van der Waals surface area contributed by atoms with Gasteiger partial charge in [-0.15, -0.1) is 0 Å². The minimum absolute atomic E-state index is 0.0379. The maximum atomic E-state index is 12.6. The summed E-state index contributed by atoms with van der Waals surface area (Å²) in [5.41, 5.74) is 3.20. The van der Waals surface area contributed by atoms with Crippen molar-refractivity contribution in [3.05, 3.63) is 106 Å². The van der Waals surface area contributed by atoms with E-state index in [0.717, 1.165) is 16.9 Å². The summed E-state index contributed by atoms with van der Waals surface area (Å²) in [6.07, 6.45) is 0.876. The molecular formula is C26H21NO5. The molecule has 0 aliphatic carbocycles. The average Bonchev–Trinajstić information content (AvgIpc) is 3.07. The molecule has 2 amide bonds. The normalized spacial score (nSPS) is 12.6. The van der Waals surface area contributed by atoms with Crippen LogP contribution in [0.1, 0.15) is 59.5 Å². The van der Waals surface area contributed by atoms with Crippen molar-refractivity contribution >= 4 is 23.6 Å². The molecule has 0 radical (unpaired) electrons. The lowest BCUT2D eigenvalue weighted by Crippen LogP contribution is -2.29. The van der Waals surface area contributed by atoms with Crippen LogP contribution in [0.5, 0.6) is 0 Å². The molecule has 1 heterocycles. The number of rotatable bonds is 7. The number of imide groups is 1. The number of nitrogens with zero attached hydrogens (tertiary/aromatic N) is 1. The summed E-state index contributed by atoms with van der Waals surface area (Å²) in [6, 6.07) is 20.3. The van der Waals surface area contributed by atoms with Crippen LogP contribution < -0.4 is 0 Å². The monoisotopic (exact) mass is 427 g/mol. The first-order chi connectivity index (χ1) is 15.5. The number of ether oxygens (including phenoxy) is 1. The molecule has 6 heteroatoms. The number of aryl methyl sites for hydroxylation is 1. The SMILES string of the molecule is CCc1ccc(C(=O)COC(=O)c2cccc(CN3C(=O)c4ccccc4C3=O)c2)cc1. The van der Waals surface area contributed by atoms with Crippen molar-refractivity contribution in [2.75, 3.05) is 6.61 Å². The Hall–Kier alpha value is -4.06. The van der Waals surface area contributed by atoms with E-state index in [9.17, 15) is 19.2 Å². The van der Waals surface area contributed by atoms with E-state index < -0.39 is 5.97 Å². The molecule has 3 aromatic rings. The number of Topliss-reactive ketones (excluding diaryl/α,β-unsaturated/α-hetero) is 1. The molecule has 0 saturated heterocycles. The first-order valence-corrected chi connectivity index (χ1v) is 10.3. The summed E-state index contributed by atoms with van der Waals surface area (Å²) < 4.78 is 5.18. The van der Waals surface area contributed by atoms with Crippen LogP contribution in [0.4, 0.5) is 0 Å². The van der Waals surface area contributed by atoms with Crippen molar-refractivity contribution in [2.24, 2.45) is 0 Å². The number of benzene rings is 3. The molecule has 1 aliphatic heterocycles. The van der Waals surface area contributed by atoms with Gasteiger partial charge >= 0.3 is 5.97 Å². The van der Waals surface area contributed by atoms with Crippen LogP contribution in [0.15, 0.2) is 72.8 Å². The molecule has 160 valence electrons. The summed E-state index contributed by atoms with van der Waals surface area (Å²) in [4.78, 5) is 51.0. The highest BCUT2D eigenvalue weighted by Gasteiger charge is 2.35. The third kappa shape index (κ3) is 4.21. The van der Waals surface area contributed by atoms with Gasteiger partial charge in [-0.05, 0) is 41.8 Å². The van der Waals surface area contributed by atoms with Gasteiger partial charge in [0, 0.05) is 5.56 Å². The molecule has 1 aliphatic rings. The van der Waals surface area contributed by atoms with E-state index >= 15 is 0 Å². The van der Waals surface area contributed by atoms with E-state index in [1.807, 2.05) is 19.1 Å². The highest BCUT2D eigenvalue weighted by Crippen LogP contribution is 2.24. The van der Waals surface area contributed by atoms with Gasteiger partial charge in [0.1, 0.15) is 0 Å². The molecule has 0 saturated carbocycles. The second kappa shape index (κ2) is 8.98. The van der Waals surface area contributed by atoms with Gasteiger partial charge in [-0.25, -0.2) is 4.79 Å². The summed E-state index contributed by atoms with van der Waals surface area (Å²) in [5, 5.41) is 0. The van der Waals surface area contributed by atoms with Crippen LogP contribution in [0.2, 0.25) is 0 Å². The van der Waals surface area contributed by atoms with E-state index in [4.69, 9.17) is 4.74 Å².